The van der Waals surface area contributed by atoms with Crippen LogP contribution in [-0.4, -0.2) is 38.5 Å². The van der Waals surface area contributed by atoms with Crippen LogP contribution in [0.2, 0.25) is 0 Å². The first-order valence-electron chi connectivity index (χ1n) is 9.57. The van der Waals surface area contributed by atoms with Crippen LogP contribution in [0.5, 0.6) is 0 Å². The van der Waals surface area contributed by atoms with E-state index in [0.29, 0.717) is 18.8 Å². The Morgan fingerprint density at radius 1 is 1.27 bits per heavy atom. The second-order valence-corrected chi connectivity index (χ2v) is 7.99. The van der Waals surface area contributed by atoms with Crippen LogP contribution in [0.15, 0.2) is 41.0 Å². The molecule has 3 aromatic rings. The molecule has 2 aromatic heterocycles. The number of hydrogen-bond acceptors (Lipinski definition) is 5. The fraction of sp³-hybridized carbons (Fsp3) is 0.333. The number of anilines is 1. The molecule has 1 amide bonds. The number of aromatic amines is 1. The summed E-state index contributed by atoms with van der Waals surface area (Å²) in [4.78, 5) is 24.6. The Kier molecular flexibility index (Phi) is 7.04. The SMILES string of the molecule is Cc1n[nH]c(C)c1CC(C)C(=O)OCC(=O)Nc1ccnn1Cc1ccccc1Br. The van der Waals surface area contributed by atoms with Crippen molar-refractivity contribution in [1.82, 2.24) is 20.0 Å². The minimum absolute atomic E-state index is 0.354. The summed E-state index contributed by atoms with van der Waals surface area (Å²) in [5.41, 5.74) is 3.83. The van der Waals surface area contributed by atoms with Crippen LogP contribution >= 0.6 is 15.9 Å². The number of amides is 1. The van der Waals surface area contributed by atoms with Crippen molar-refractivity contribution in [3.63, 3.8) is 0 Å². The Hall–Kier alpha value is -2.94. The van der Waals surface area contributed by atoms with E-state index in [2.05, 4.69) is 36.5 Å². The monoisotopic (exact) mass is 473 g/mol. The number of carbonyl (C=O) groups is 2. The van der Waals surface area contributed by atoms with Gasteiger partial charge >= 0.3 is 5.97 Å². The number of H-pyrrole nitrogens is 1. The summed E-state index contributed by atoms with van der Waals surface area (Å²) < 4.78 is 7.84. The molecule has 0 saturated carbocycles. The third kappa shape index (κ3) is 5.35. The topological polar surface area (TPSA) is 102 Å². The van der Waals surface area contributed by atoms with Gasteiger partial charge in [-0.15, -0.1) is 0 Å². The maximum absolute atomic E-state index is 12.3. The highest BCUT2D eigenvalue weighted by atomic mass is 79.9. The summed E-state index contributed by atoms with van der Waals surface area (Å²) in [5.74, 6) is -0.690. The van der Waals surface area contributed by atoms with Crippen LogP contribution in [0, 0.1) is 19.8 Å². The highest BCUT2D eigenvalue weighted by Gasteiger charge is 2.20. The lowest BCUT2D eigenvalue weighted by molar-refractivity contribution is -0.151. The summed E-state index contributed by atoms with van der Waals surface area (Å²) in [6, 6.07) is 9.50. The predicted octanol–water partition coefficient (Wildman–Crippen LogP) is 3.39. The Balaban J connectivity index is 1.52. The van der Waals surface area contributed by atoms with Crippen molar-refractivity contribution in [2.45, 2.75) is 33.7 Å². The normalized spacial score (nSPS) is 11.9. The first-order valence-corrected chi connectivity index (χ1v) is 10.4. The molecule has 1 aromatic carbocycles. The molecule has 8 nitrogen and oxygen atoms in total. The molecule has 0 aliphatic rings. The lowest BCUT2D eigenvalue weighted by atomic mass is 10.00. The van der Waals surface area contributed by atoms with Crippen molar-refractivity contribution in [2.75, 3.05) is 11.9 Å². The van der Waals surface area contributed by atoms with E-state index in [4.69, 9.17) is 4.74 Å². The first-order chi connectivity index (χ1) is 14.3. The van der Waals surface area contributed by atoms with Gasteiger partial charge < -0.3 is 10.1 Å². The number of esters is 1. The Labute approximate surface area is 183 Å². The van der Waals surface area contributed by atoms with Crippen LogP contribution in [0.1, 0.15) is 29.4 Å². The van der Waals surface area contributed by atoms with Gasteiger partial charge in [0.2, 0.25) is 0 Å². The third-order valence-corrected chi connectivity index (χ3v) is 5.57. The van der Waals surface area contributed by atoms with Crippen molar-refractivity contribution in [1.29, 1.82) is 0 Å². The standard InChI is InChI=1S/C21H24BrN5O3/c1-13(10-17-14(2)25-26-15(17)3)21(29)30-12-20(28)24-19-8-9-23-27(19)11-16-6-4-5-7-18(16)22/h4-9,13H,10-12H2,1-3H3,(H,24,28)(H,25,26). The quantitative estimate of drug-likeness (QED) is 0.488. The molecule has 1 atom stereocenters. The van der Waals surface area contributed by atoms with Gasteiger partial charge in [0, 0.05) is 16.2 Å². The van der Waals surface area contributed by atoms with Gasteiger partial charge in [-0.1, -0.05) is 41.1 Å². The molecular weight excluding hydrogens is 450 g/mol. The molecule has 30 heavy (non-hydrogen) atoms. The van der Waals surface area contributed by atoms with Gasteiger partial charge in [0.15, 0.2) is 6.61 Å². The van der Waals surface area contributed by atoms with Crippen molar-refractivity contribution >= 4 is 33.6 Å². The predicted molar refractivity (Wildman–Crippen MR) is 116 cm³/mol. The number of benzene rings is 1. The summed E-state index contributed by atoms with van der Waals surface area (Å²) in [6.07, 6.45) is 2.11. The molecule has 1 unspecified atom stereocenters. The van der Waals surface area contributed by atoms with Crippen LogP contribution < -0.4 is 5.32 Å². The van der Waals surface area contributed by atoms with Gasteiger partial charge in [-0.3, -0.25) is 14.7 Å². The van der Waals surface area contributed by atoms with Crippen LogP contribution in [0.3, 0.4) is 0 Å². The van der Waals surface area contributed by atoms with E-state index in [-0.39, 0.29) is 12.5 Å². The molecule has 2 N–H and O–H groups in total. The molecule has 0 bridgehead atoms. The maximum atomic E-state index is 12.3. The lowest BCUT2D eigenvalue weighted by Crippen LogP contribution is -2.25. The number of carbonyl (C=O) groups excluding carboxylic acids is 2. The van der Waals surface area contributed by atoms with Crippen LogP contribution in [-0.2, 0) is 27.3 Å². The van der Waals surface area contributed by atoms with Crippen LogP contribution in [0.4, 0.5) is 5.82 Å². The highest BCUT2D eigenvalue weighted by molar-refractivity contribution is 9.10. The van der Waals surface area contributed by atoms with Gasteiger partial charge in [0.05, 0.1) is 24.4 Å². The Morgan fingerprint density at radius 3 is 2.73 bits per heavy atom. The summed E-state index contributed by atoms with van der Waals surface area (Å²) in [6.45, 7) is 5.72. The van der Waals surface area contributed by atoms with Gasteiger partial charge in [-0.25, -0.2) is 4.68 Å². The molecule has 9 heteroatoms. The van der Waals surface area contributed by atoms with E-state index in [1.165, 1.54) is 0 Å². The molecule has 0 radical (unpaired) electrons. The number of aromatic nitrogens is 4. The molecule has 3 rings (SSSR count). The third-order valence-electron chi connectivity index (χ3n) is 4.80. The number of halogens is 1. The number of rotatable bonds is 8. The molecule has 0 fully saturated rings. The fourth-order valence-corrected chi connectivity index (χ4v) is 3.49. The van der Waals surface area contributed by atoms with E-state index in [1.54, 1.807) is 23.9 Å². The Morgan fingerprint density at radius 2 is 2.03 bits per heavy atom. The molecule has 2 heterocycles. The zero-order valence-corrected chi connectivity index (χ0v) is 18.7. The number of nitrogens with zero attached hydrogens (tertiary/aromatic N) is 3. The average Bonchev–Trinajstić information content (AvgIpc) is 3.28. The summed E-state index contributed by atoms with van der Waals surface area (Å²) >= 11 is 3.51. The van der Waals surface area contributed by atoms with Crippen molar-refractivity contribution in [2.24, 2.45) is 5.92 Å². The van der Waals surface area contributed by atoms with Gasteiger partial charge in [-0.05, 0) is 37.5 Å². The van der Waals surface area contributed by atoms with Crippen molar-refractivity contribution < 1.29 is 14.3 Å². The number of nitrogens with one attached hydrogen (secondary N) is 2. The molecule has 0 spiro atoms. The zero-order valence-electron chi connectivity index (χ0n) is 17.1. The van der Waals surface area contributed by atoms with E-state index < -0.39 is 11.9 Å². The summed E-state index contributed by atoms with van der Waals surface area (Å²) in [5, 5.41) is 14.0. The lowest BCUT2D eigenvalue weighted by Gasteiger charge is -2.13. The number of aryl methyl sites for hydroxylation is 2. The first kappa shape index (κ1) is 21.8. The minimum Gasteiger partial charge on any atom is -0.455 e. The average molecular weight is 474 g/mol. The Bertz CT molecular complexity index is 1020. The second kappa shape index (κ2) is 9.71. The second-order valence-electron chi connectivity index (χ2n) is 7.14. The summed E-state index contributed by atoms with van der Waals surface area (Å²) in [7, 11) is 0. The van der Waals surface area contributed by atoms with Gasteiger partial charge in [0.25, 0.3) is 5.91 Å². The highest BCUT2D eigenvalue weighted by Crippen LogP contribution is 2.19. The van der Waals surface area contributed by atoms with Gasteiger partial charge in [0.1, 0.15) is 5.82 Å². The van der Waals surface area contributed by atoms with E-state index in [0.717, 1.165) is 27.0 Å². The maximum Gasteiger partial charge on any atom is 0.309 e. The minimum atomic E-state index is -0.424. The van der Waals surface area contributed by atoms with E-state index >= 15 is 0 Å². The molecule has 0 saturated heterocycles. The zero-order chi connectivity index (χ0) is 21.7. The number of ether oxygens (including phenoxy) is 1. The largest absolute Gasteiger partial charge is 0.455 e. The molecule has 158 valence electrons. The van der Waals surface area contributed by atoms with Crippen molar-refractivity contribution in [3.05, 3.63) is 63.5 Å². The van der Waals surface area contributed by atoms with Gasteiger partial charge in [-0.2, -0.15) is 10.2 Å². The van der Waals surface area contributed by atoms with E-state index in [9.17, 15) is 9.59 Å². The molecule has 0 aliphatic heterocycles. The number of hydrogen-bond donors (Lipinski definition) is 2. The van der Waals surface area contributed by atoms with Crippen LogP contribution in [0.25, 0.3) is 0 Å². The van der Waals surface area contributed by atoms with E-state index in [1.807, 2.05) is 38.1 Å². The molecule has 0 aliphatic carbocycles. The smallest absolute Gasteiger partial charge is 0.309 e. The molecular formula is C21H24BrN5O3. The van der Waals surface area contributed by atoms with Crippen molar-refractivity contribution in [3.8, 4) is 0 Å². The fourth-order valence-electron chi connectivity index (χ4n) is 3.08.